The molecule has 1 unspecified atom stereocenters. The van der Waals surface area contributed by atoms with E-state index in [0.29, 0.717) is 6.10 Å². The molecule has 0 saturated heterocycles. The summed E-state index contributed by atoms with van der Waals surface area (Å²) < 4.78 is 5.73. The first-order valence-corrected chi connectivity index (χ1v) is 5.62. The lowest BCUT2D eigenvalue weighted by Gasteiger charge is -2.23. The summed E-state index contributed by atoms with van der Waals surface area (Å²) in [6.07, 6.45) is 2.52. The van der Waals surface area contributed by atoms with Gasteiger partial charge in [0.1, 0.15) is 0 Å². The Hall–Kier alpha value is -0.380. The van der Waals surface area contributed by atoms with Crippen molar-refractivity contribution in [1.82, 2.24) is 5.32 Å². The summed E-state index contributed by atoms with van der Waals surface area (Å²) in [4.78, 5) is 1.52. The van der Waals surface area contributed by atoms with Gasteiger partial charge in [0.05, 0.1) is 12.7 Å². The van der Waals surface area contributed by atoms with Gasteiger partial charge in [0, 0.05) is 11.3 Å². The number of thiophene rings is 1. The average Bonchev–Trinajstić information content (AvgIpc) is 2.62. The second kappa shape index (κ2) is 4.22. The van der Waals surface area contributed by atoms with Crippen LogP contribution in [0.3, 0.4) is 0 Å². The molecule has 0 aliphatic carbocycles. The SMILES string of the molecule is CNCCC1OCCc2sccc21. The van der Waals surface area contributed by atoms with Crippen molar-refractivity contribution in [3.05, 3.63) is 21.9 Å². The minimum Gasteiger partial charge on any atom is -0.373 e. The summed E-state index contributed by atoms with van der Waals surface area (Å²) in [5, 5.41) is 5.33. The summed E-state index contributed by atoms with van der Waals surface area (Å²) in [6, 6.07) is 2.21. The van der Waals surface area contributed by atoms with Crippen LogP contribution in [0.5, 0.6) is 0 Å². The summed E-state index contributed by atoms with van der Waals surface area (Å²) in [5.74, 6) is 0. The lowest BCUT2D eigenvalue weighted by molar-refractivity contribution is 0.0384. The van der Waals surface area contributed by atoms with Crippen LogP contribution in [0.25, 0.3) is 0 Å². The third kappa shape index (κ3) is 1.93. The minimum absolute atomic E-state index is 0.336. The van der Waals surface area contributed by atoms with Gasteiger partial charge in [-0.15, -0.1) is 11.3 Å². The van der Waals surface area contributed by atoms with Crippen molar-refractivity contribution in [2.45, 2.75) is 18.9 Å². The zero-order valence-electron chi connectivity index (χ0n) is 7.88. The molecule has 1 N–H and O–H groups in total. The monoisotopic (exact) mass is 197 g/mol. The molecule has 0 fully saturated rings. The van der Waals surface area contributed by atoms with Crippen LogP contribution in [0.15, 0.2) is 11.4 Å². The lowest BCUT2D eigenvalue weighted by atomic mass is 10.0. The second-order valence-corrected chi connectivity index (χ2v) is 4.30. The highest BCUT2D eigenvalue weighted by Crippen LogP contribution is 2.32. The van der Waals surface area contributed by atoms with Crippen LogP contribution in [-0.2, 0) is 11.2 Å². The topological polar surface area (TPSA) is 21.3 Å². The summed E-state index contributed by atoms with van der Waals surface area (Å²) in [7, 11) is 1.98. The molecule has 2 rings (SSSR count). The highest BCUT2D eigenvalue weighted by Gasteiger charge is 2.20. The highest BCUT2D eigenvalue weighted by molar-refractivity contribution is 7.10. The van der Waals surface area contributed by atoms with Crippen LogP contribution in [0.4, 0.5) is 0 Å². The van der Waals surface area contributed by atoms with Gasteiger partial charge in [-0.1, -0.05) is 0 Å². The molecule has 0 bridgehead atoms. The number of hydrogen-bond donors (Lipinski definition) is 1. The maximum absolute atomic E-state index is 5.73. The van der Waals surface area contributed by atoms with E-state index in [1.54, 1.807) is 0 Å². The van der Waals surface area contributed by atoms with Gasteiger partial charge < -0.3 is 10.1 Å². The summed E-state index contributed by atoms with van der Waals surface area (Å²) >= 11 is 1.86. The van der Waals surface area contributed by atoms with Crippen molar-refractivity contribution in [2.75, 3.05) is 20.2 Å². The zero-order chi connectivity index (χ0) is 9.10. The minimum atomic E-state index is 0.336. The summed E-state index contributed by atoms with van der Waals surface area (Å²) in [5.41, 5.74) is 1.42. The van der Waals surface area contributed by atoms with Gasteiger partial charge >= 0.3 is 0 Å². The first kappa shape index (κ1) is 9.19. The first-order chi connectivity index (χ1) is 6.42. The van der Waals surface area contributed by atoms with Gasteiger partial charge in [-0.2, -0.15) is 0 Å². The highest BCUT2D eigenvalue weighted by atomic mass is 32.1. The van der Waals surface area contributed by atoms with Crippen LogP contribution >= 0.6 is 11.3 Å². The van der Waals surface area contributed by atoms with Crippen molar-refractivity contribution in [3.8, 4) is 0 Å². The standard InChI is InChI=1S/C10H15NOS/c1-11-5-2-9-8-4-7-13-10(8)3-6-12-9/h4,7,9,11H,2-3,5-6H2,1H3. The quantitative estimate of drug-likeness (QED) is 0.800. The molecule has 1 aromatic rings. The van der Waals surface area contributed by atoms with E-state index < -0.39 is 0 Å². The van der Waals surface area contributed by atoms with E-state index >= 15 is 0 Å². The summed E-state index contributed by atoms with van der Waals surface area (Å²) in [6.45, 7) is 1.92. The van der Waals surface area contributed by atoms with E-state index in [-0.39, 0.29) is 0 Å². The Morgan fingerprint density at radius 1 is 1.69 bits per heavy atom. The molecule has 0 saturated carbocycles. The largest absolute Gasteiger partial charge is 0.373 e. The van der Waals surface area contributed by atoms with Crippen LogP contribution in [0.2, 0.25) is 0 Å². The van der Waals surface area contributed by atoms with E-state index in [2.05, 4.69) is 16.8 Å². The Bertz CT molecular complexity index is 272. The molecule has 1 aromatic heterocycles. The molecule has 0 aromatic carbocycles. The average molecular weight is 197 g/mol. The Labute approximate surface area is 82.9 Å². The van der Waals surface area contributed by atoms with Gasteiger partial charge in [0.25, 0.3) is 0 Å². The Kier molecular flexibility index (Phi) is 2.98. The van der Waals surface area contributed by atoms with Gasteiger partial charge in [-0.25, -0.2) is 0 Å². The predicted octanol–water partition coefficient (Wildman–Crippen LogP) is 1.97. The Morgan fingerprint density at radius 2 is 2.62 bits per heavy atom. The fourth-order valence-corrected chi connectivity index (χ4v) is 2.65. The zero-order valence-corrected chi connectivity index (χ0v) is 8.69. The van der Waals surface area contributed by atoms with Gasteiger partial charge in [0.2, 0.25) is 0 Å². The molecule has 1 atom stereocenters. The number of ether oxygens (including phenoxy) is 1. The van der Waals surface area contributed by atoms with Crippen LogP contribution < -0.4 is 5.32 Å². The van der Waals surface area contributed by atoms with E-state index in [1.807, 2.05) is 18.4 Å². The third-order valence-electron chi connectivity index (χ3n) is 2.43. The number of rotatable bonds is 3. The first-order valence-electron chi connectivity index (χ1n) is 4.74. The fraction of sp³-hybridized carbons (Fsp3) is 0.600. The van der Waals surface area contributed by atoms with E-state index in [4.69, 9.17) is 4.74 Å². The maximum Gasteiger partial charge on any atom is 0.0847 e. The molecule has 13 heavy (non-hydrogen) atoms. The van der Waals surface area contributed by atoms with Crippen LogP contribution in [0, 0.1) is 0 Å². The molecule has 2 nitrogen and oxygen atoms in total. The van der Waals surface area contributed by atoms with Crippen molar-refractivity contribution in [3.63, 3.8) is 0 Å². The molecule has 0 amide bonds. The molecule has 0 spiro atoms. The van der Waals surface area contributed by atoms with Gasteiger partial charge in [-0.3, -0.25) is 0 Å². The third-order valence-corrected chi connectivity index (χ3v) is 3.43. The molecule has 72 valence electrons. The molecular formula is C10H15NOS. The Balaban J connectivity index is 2.07. The molecule has 0 radical (unpaired) electrons. The predicted molar refractivity (Wildman–Crippen MR) is 55.3 cm³/mol. The smallest absolute Gasteiger partial charge is 0.0847 e. The van der Waals surface area contributed by atoms with E-state index in [0.717, 1.165) is 26.0 Å². The fourth-order valence-electron chi connectivity index (χ4n) is 1.74. The van der Waals surface area contributed by atoms with Crippen molar-refractivity contribution >= 4 is 11.3 Å². The molecular weight excluding hydrogens is 182 g/mol. The maximum atomic E-state index is 5.73. The second-order valence-electron chi connectivity index (χ2n) is 3.30. The van der Waals surface area contributed by atoms with Gasteiger partial charge in [-0.05, 0) is 37.0 Å². The number of nitrogens with one attached hydrogen (secondary N) is 1. The van der Waals surface area contributed by atoms with Crippen molar-refractivity contribution in [2.24, 2.45) is 0 Å². The van der Waals surface area contributed by atoms with E-state index in [1.165, 1.54) is 10.4 Å². The van der Waals surface area contributed by atoms with Crippen molar-refractivity contribution < 1.29 is 4.74 Å². The molecule has 2 heterocycles. The van der Waals surface area contributed by atoms with Crippen LogP contribution in [0.1, 0.15) is 23.0 Å². The molecule has 3 heteroatoms. The number of hydrogen-bond acceptors (Lipinski definition) is 3. The van der Waals surface area contributed by atoms with E-state index in [9.17, 15) is 0 Å². The van der Waals surface area contributed by atoms with Gasteiger partial charge in [0.15, 0.2) is 0 Å². The normalized spacial score (nSPS) is 21.5. The molecule has 1 aliphatic heterocycles. The van der Waals surface area contributed by atoms with Crippen LogP contribution in [-0.4, -0.2) is 20.2 Å². The number of fused-ring (bicyclic) bond motifs is 1. The van der Waals surface area contributed by atoms with Crippen molar-refractivity contribution in [1.29, 1.82) is 0 Å². The Morgan fingerprint density at radius 3 is 3.46 bits per heavy atom. The molecule has 1 aliphatic rings. The lowest BCUT2D eigenvalue weighted by Crippen LogP contribution is -2.19.